The molecule has 0 aromatic carbocycles. The molecule has 60 valence electrons. The van der Waals surface area contributed by atoms with E-state index in [-0.39, 0.29) is 0 Å². The smallest absolute Gasteiger partial charge is 0.0426 e. The molecule has 2 heterocycles. The van der Waals surface area contributed by atoms with Crippen LogP contribution >= 0.6 is 0 Å². The lowest BCUT2D eigenvalue weighted by Gasteiger charge is -2.11. The first kappa shape index (κ1) is 6.96. The van der Waals surface area contributed by atoms with E-state index in [2.05, 4.69) is 24.8 Å². The predicted molar refractivity (Wildman–Crippen MR) is 47.3 cm³/mol. The lowest BCUT2D eigenvalue weighted by atomic mass is 10.1. The zero-order chi connectivity index (χ0) is 7.84. The fourth-order valence-corrected chi connectivity index (χ4v) is 2.15. The molecule has 0 saturated carbocycles. The highest BCUT2D eigenvalue weighted by molar-refractivity contribution is 5.41. The SMILES string of the molecule is C/C=C1\CN2CCCC2=C1C. The van der Waals surface area contributed by atoms with Gasteiger partial charge in [-0.15, -0.1) is 0 Å². The summed E-state index contributed by atoms with van der Waals surface area (Å²) in [5.41, 5.74) is 4.70. The number of hydrogen-bond acceptors (Lipinski definition) is 1. The Morgan fingerprint density at radius 1 is 1.45 bits per heavy atom. The number of rotatable bonds is 0. The first-order valence-electron chi connectivity index (χ1n) is 4.43. The Hall–Kier alpha value is -0.720. The van der Waals surface area contributed by atoms with Gasteiger partial charge in [0.05, 0.1) is 0 Å². The van der Waals surface area contributed by atoms with E-state index >= 15 is 0 Å². The minimum absolute atomic E-state index is 1.18. The van der Waals surface area contributed by atoms with Crippen molar-refractivity contribution in [2.75, 3.05) is 13.1 Å². The summed E-state index contributed by atoms with van der Waals surface area (Å²) in [6.45, 7) is 6.86. The maximum Gasteiger partial charge on any atom is 0.0426 e. The minimum Gasteiger partial charge on any atom is -0.370 e. The van der Waals surface area contributed by atoms with Gasteiger partial charge in [0, 0.05) is 18.8 Å². The Labute approximate surface area is 68.4 Å². The van der Waals surface area contributed by atoms with Crippen LogP contribution in [0.1, 0.15) is 26.7 Å². The Morgan fingerprint density at radius 3 is 2.91 bits per heavy atom. The lowest BCUT2D eigenvalue weighted by Crippen LogP contribution is -2.14. The van der Waals surface area contributed by atoms with Gasteiger partial charge >= 0.3 is 0 Å². The molecule has 0 radical (unpaired) electrons. The van der Waals surface area contributed by atoms with Gasteiger partial charge in [0.2, 0.25) is 0 Å². The van der Waals surface area contributed by atoms with E-state index < -0.39 is 0 Å². The highest BCUT2D eigenvalue weighted by Crippen LogP contribution is 2.34. The first-order chi connectivity index (χ1) is 5.33. The normalized spacial score (nSPS) is 27.1. The van der Waals surface area contributed by atoms with Crippen molar-refractivity contribution in [3.8, 4) is 0 Å². The molecule has 1 fully saturated rings. The maximum atomic E-state index is 2.52. The molecule has 0 N–H and O–H groups in total. The van der Waals surface area contributed by atoms with Crippen molar-refractivity contribution < 1.29 is 0 Å². The van der Waals surface area contributed by atoms with Gasteiger partial charge in [0.1, 0.15) is 0 Å². The molecule has 2 rings (SSSR count). The Bertz CT molecular complexity index is 235. The van der Waals surface area contributed by atoms with Gasteiger partial charge in [-0.3, -0.25) is 0 Å². The summed E-state index contributed by atoms with van der Waals surface area (Å²) < 4.78 is 0. The Balaban J connectivity index is 2.35. The van der Waals surface area contributed by atoms with E-state index in [4.69, 9.17) is 0 Å². The van der Waals surface area contributed by atoms with Crippen LogP contribution in [-0.2, 0) is 0 Å². The van der Waals surface area contributed by atoms with Crippen molar-refractivity contribution in [1.82, 2.24) is 4.90 Å². The summed E-state index contributed by atoms with van der Waals surface area (Å²) in [6.07, 6.45) is 4.92. The van der Waals surface area contributed by atoms with Gasteiger partial charge in [-0.2, -0.15) is 0 Å². The Morgan fingerprint density at radius 2 is 2.27 bits per heavy atom. The zero-order valence-electron chi connectivity index (χ0n) is 7.35. The zero-order valence-corrected chi connectivity index (χ0v) is 7.35. The minimum atomic E-state index is 1.18. The summed E-state index contributed by atoms with van der Waals surface area (Å²) in [4.78, 5) is 2.52. The molecule has 0 aromatic heterocycles. The molecule has 0 aromatic rings. The van der Waals surface area contributed by atoms with Gasteiger partial charge in [0.15, 0.2) is 0 Å². The third kappa shape index (κ3) is 0.907. The molecule has 2 aliphatic heterocycles. The second-order valence-electron chi connectivity index (χ2n) is 3.41. The molecule has 0 atom stereocenters. The molecule has 1 nitrogen and oxygen atoms in total. The molecule has 1 heteroatoms. The van der Waals surface area contributed by atoms with Crippen LogP contribution in [0, 0.1) is 0 Å². The van der Waals surface area contributed by atoms with Crippen LogP contribution < -0.4 is 0 Å². The third-order valence-corrected chi connectivity index (χ3v) is 2.85. The molecular formula is C10H15N. The van der Waals surface area contributed by atoms with Crippen LogP contribution in [-0.4, -0.2) is 18.0 Å². The van der Waals surface area contributed by atoms with Crippen molar-refractivity contribution in [1.29, 1.82) is 0 Å². The monoisotopic (exact) mass is 149 g/mol. The molecular weight excluding hydrogens is 134 g/mol. The second-order valence-corrected chi connectivity index (χ2v) is 3.41. The van der Waals surface area contributed by atoms with Crippen molar-refractivity contribution in [3.05, 3.63) is 22.9 Å². The molecule has 0 aliphatic carbocycles. The molecule has 11 heavy (non-hydrogen) atoms. The fraction of sp³-hybridized carbons (Fsp3) is 0.600. The van der Waals surface area contributed by atoms with Crippen LogP contribution in [0.15, 0.2) is 22.9 Å². The van der Waals surface area contributed by atoms with E-state index in [1.54, 1.807) is 16.8 Å². The molecule has 2 aliphatic rings. The highest BCUT2D eigenvalue weighted by atomic mass is 15.2. The van der Waals surface area contributed by atoms with Gasteiger partial charge in [0.25, 0.3) is 0 Å². The quantitative estimate of drug-likeness (QED) is 0.511. The molecule has 1 saturated heterocycles. The number of hydrogen-bond donors (Lipinski definition) is 0. The standard InChI is InChI=1S/C10H15N/c1-3-9-7-11-6-4-5-10(11)8(9)2/h3H,4-7H2,1-2H3/b9-3+. The summed E-state index contributed by atoms with van der Waals surface area (Å²) in [5, 5.41) is 0. The number of nitrogens with zero attached hydrogens (tertiary/aromatic N) is 1. The van der Waals surface area contributed by atoms with Crippen LogP contribution in [0.4, 0.5) is 0 Å². The summed E-state index contributed by atoms with van der Waals surface area (Å²) in [5.74, 6) is 0. The molecule has 0 bridgehead atoms. The second kappa shape index (κ2) is 2.40. The van der Waals surface area contributed by atoms with Gasteiger partial charge in [-0.25, -0.2) is 0 Å². The van der Waals surface area contributed by atoms with Gasteiger partial charge < -0.3 is 4.90 Å². The van der Waals surface area contributed by atoms with Crippen molar-refractivity contribution in [3.63, 3.8) is 0 Å². The maximum absolute atomic E-state index is 2.52. The van der Waals surface area contributed by atoms with Crippen LogP contribution in [0.25, 0.3) is 0 Å². The largest absolute Gasteiger partial charge is 0.370 e. The summed E-state index contributed by atoms with van der Waals surface area (Å²) in [7, 11) is 0. The van der Waals surface area contributed by atoms with E-state index in [9.17, 15) is 0 Å². The molecule has 0 spiro atoms. The van der Waals surface area contributed by atoms with Crippen LogP contribution in [0.3, 0.4) is 0 Å². The summed E-state index contributed by atoms with van der Waals surface area (Å²) in [6, 6.07) is 0. The lowest BCUT2D eigenvalue weighted by molar-refractivity contribution is 0.448. The van der Waals surface area contributed by atoms with Gasteiger partial charge in [-0.05, 0) is 37.8 Å². The van der Waals surface area contributed by atoms with Crippen molar-refractivity contribution in [2.24, 2.45) is 0 Å². The third-order valence-electron chi connectivity index (χ3n) is 2.85. The fourth-order valence-electron chi connectivity index (χ4n) is 2.15. The summed E-state index contributed by atoms with van der Waals surface area (Å²) >= 11 is 0. The van der Waals surface area contributed by atoms with E-state index in [0.717, 1.165) is 0 Å². The average molecular weight is 149 g/mol. The first-order valence-corrected chi connectivity index (χ1v) is 4.43. The van der Waals surface area contributed by atoms with E-state index in [1.165, 1.54) is 25.9 Å². The van der Waals surface area contributed by atoms with Crippen LogP contribution in [0.5, 0.6) is 0 Å². The van der Waals surface area contributed by atoms with E-state index in [1.807, 2.05) is 0 Å². The molecule has 0 amide bonds. The van der Waals surface area contributed by atoms with Crippen LogP contribution in [0.2, 0.25) is 0 Å². The predicted octanol–water partition coefficient (Wildman–Crippen LogP) is 2.32. The highest BCUT2D eigenvalue weighted by Gasteiger charge is 2.26. The van der Waals surface area contributed by atoms with E-state index in [0.29, 0.717) is 0 Å². The Kier molecular flexibility index (Phi) is 1.52. The molecule has 0 unspecified atom stereocenters. The average Bonchev–Trinajstić information content (AvgIpc) is 2.53. The van der Waals surface area contributed by atoms with Gasteiger partial charge in [-0.1, -0.05) is 6.08 Å². The number of fused-ring (bicyclic) bond motifs is 1. The topological polar surface area (TPSA) is 3.24 Å². The van der Waals surface area contributed by atoms with Crippen molar-refractivity contribution in [2.45, 2.75) is 26.7 Å². The number of allylic oxidation sites excluding steroid dienone is 2. The van der Waals surface area contributed by atoms with Crippen molar-refractivity contribution >= 4 is 0 Å².